The van der Waals surface area contributed by atoms with E-state index in [1.807, 2.05) is 84.9 Å². The zero-order chi connectivity index (χ0) is 28.1. The number of aryl methyl sites for hydroxylation is 1. The van der Waals surface area contributed by atoms with Crippen LogP contribution in [0, 0.1) is 12.8 Å². The number of amidine groups is 1. The number of benzene rings is 1. The van der Waals surface area contributed by atoms with E-state index >= 15 is 0 Å². The molecule has 206 valence electrons. The Balaban J connectivity index is 1.33. The fourth-order valence-corrected chi connectivity index (χ4v) is 4.83. The first kappa shape index (κ1) is 27.0. The number of ether oxygens (including phenoxy) is 1. The number of likely N-dealkylation sites (tertiary alicyclic amines) is 1. The quantitative estimate of drug-likeness (QED) is 0.256. The lowest BCUT2D eigenvalue weighted by Gasteiger charge is -2.15. The predicted molar refractivity (Wildman–Crippen MR) is 154 cm³/mol. The van der Waals surface area contributed by atoms with Crippen molar-refractivity contribution in [1.82, 2.24) is 24.4 Å². The van der Waals surface area contributed by atoms with E-state index in [4.69, 9.17) is 15.5 Å². The van der Waals surface area contributed by atoms with Crippen molar-refractivity contribution in [2.45, 2.75) is 13.3 Å². The first-order valence-corrected chi connectivity index (χ1v) is 13.2. The van der Waals surface area contributed by atoms with Crippen molar-refractivity contribution in [2.75, 3.05) is 33.7 Å². The molecule has 0 unspecified atom stereocenters. The maximum absolute atomic E-state index is 12.7. The monoisotopic (exact) mass is 540 g/mol. The van der Waals surface area contributed by atoms with Crippen molar-refractivity contribution in [2.24, 2.45) is 21.6 Å². The second-order valence-corrected chi connectivity index (χ2v) is 10.0. The van der Waals surface area contributed by atoms with Crippen LogP contribution in [-0.2, 0) is 4.79 Å². The summed E-state index contributed by atoms with van der Waals surface area (Å²) in [6.45, 7) is 4.09. The van der Waals surface area contributed by atoms with Crippen LogP contribution in [0.1, 0.15) is 12.0 Å². The standard InChI is InChI=1S/C29H33N9O2/c1-20-15-22(6-7-25(20)40-23-10-14-38-26(16-23)33-19-34-38)35-29(32-18-30)28-24(8-11-31-28)21-9-13-37(17-21)27(39)5-4-12-36(2)3/h4-8,10-11,14-16,18-19,21,31H,9,12-13,17H2,1-3H3,(H2,30,32,35)/p+1/b5-4+/t21-/m1/s1. The number of quaternary nitrogens is 1. The van der Waals surface area contributed by atoms with Gasteiger partial charge in [-0.3, -0.25) is 10.1 Å². The van der Waals surface area contributed by atoms with E-state index in [0.29, 0.717) is 23.8 Å². The van der Waals surface area contributed by atoms with Gasteiger partial charge in [-0.15, -0.1) is 0 Å². The van der Waals surface area contributed by atoms with Crippen LogP contribution in [0.2, 0.25) is 0 Å². The van der Waals surface area contributed by atoms with E-state index in [2.05, 4.69) is 21.2 Å². The molecule has 4 heterocycles. The molecule has 1 atom stereocenters. The van der Waals surface area contributed by atoms with Gasteiger partial charge in [0.1, 0.15) is 17.8 Å². The number of carbonyl (C=O) groups excluding carboxylic acids is 1. The van der Waals surface area contributed by atoms with E-state index < -0.39 is 0 Å². The third-order valence-electron chi connectivity index (χ3n) is 6.83. The average molecular weight is 541 g/mol. The highest BCUT2D eigenvalue weighted by Gasteiger charge is 2.33. The van der Waals surface area contributed by atoms with E-state index in [-0.39, 0.29) is 11.8 Å². The number of hydrogen-bond acceptors (Lipinski definition) is 6. The van der Waals surface area contributed by atoms with Gasteiger partial charge in [-0.2, -0.15) is 5.10 Å². The van der Waals surface area contributed by atoms with E-state index in [1.54, 1.807) is 10.6 Å². The van der Waals surface area contributed by atoms with Crippen LogP contribution in [0.15, 0.2) is 88.5 Å². The summed E-state index contributed by atoms with van der Waals surface area (Å²) in [7, 11) is 3.96. The van der Waals surface area contributed by atoms with Gasteiger partial charge in [-0.05, 0) is 57.3 Å². The molecule has 1 saturated heterocycles. The molecule has 0 saturated carbocycles. The van der Waals surface area contributed by atoms with Gasteiger partial charge in [0, 0.05) is 55.5 Å². The van der Waals surface area contributed by atoms with Gasteiger partial charge in [0.15, 0.2) is 11.3 Å². The molecule has 0 bridgehead atoms. The first-order chi connectivity index (χ1) is 19.4. The number of pyridine rings is 1. The van der Waals surface area contributed by atoms with Crippen molar-refractivity contribution in [3.8, 4) is 11.5 Å². The Morgan fingerprint density at radius 1 is 1.30 bits per heavy atom. The van der Waals surface area contributed by atoms with Crippen molar-refractivity contribution in [1.29, 1.82) is 0 Å². The number of fused-ring (bicyclic) bond motifs is 1. The Bertz CT molecular complexity index is 1550. The number of amides is 1. The van der Waals surface area contributed by atoms with Gasteiger partial charge < -0.3 is 20.3 Å². The molecule has 4 N–H and O–H groups in total. The molecule has 2 aromatic heterocycles. The third-order valence-corrected chi connectivity index (χ3v) is 6.83. The van der Waals surface area contributed by atoms with Gasteiger partial charge in [-0.25, -0.2) is 19.5 Å². The zero-order valence-corrected chi connectivity index (χ0v) is 22.9. The predicted octanol–water partition coefficient (Wildman–Crippen LogP) is 2.16. The highest BCUT2D eigenvalue weighted by atomic mass is 16.5. The smallest absolute Gasteiger partial charge is 0.246 e. The Labute approximate surface area is 233 Å². The van der Waals surface area contributed by atoms with Crippen LogP contribution in [0.4, 0.5) is 5.69 Å². The van der Waals surface area contributed by atoms with Gasteiger partial charge in [0.2, 0.25) is 11.7 Å². The van der Waals surface area contributed by atoms with Crippen molar-refractivity contribution < 1.29 is 14.8 Å². The number of carbonyl (C=O) groups is 1. The summed E-state index contributed by atoms with van der Waals surface area (Å²) in [6, 6.07) is 9.41. The van der Waals surface area contributed by atoms with Crippen LogP contribution in [0.25, 0.3) is 5.65 Å². The lowest BCUT2D eigenvalue weighted by Crippen LogP contribution is -2.76. The number of nitrogens with zero attached hydrogens (tertiary/aromatic N) is 7. The van der Waals surface area contributed by atoms with Crippen LogP contribution >= 0.6 is 0 Å². The fourth-order valence-electron chi connectivity index (χ4n) is 4.83. The van der Waals surface area contributed by atoms with Crippen molar-refractivity contribution in [3.05, 3.63) is 84.1 Å². The minimum atomic E-state index is 0.0467. The average Bonchev–Trinajstić information content (AvgIpc) is 3.70. The van der Waals surface area contributed by atoms with Crippen LogP contribution in [0.5, 0.6) is 11.5 Å². The first-order valence-electron chi connectivity index (χ1n) is 13.2. The summed E-state index contributed by atoms with van der Waals surface area (Å²) in [5.41, 5.74) is 10.1. The Morgan fingerprint density at radius 2 is 2.17 bits per heavy atom. The van der Waals surface area contributed by atoms with Crippen LogP contribution in [0.3, 0.4) is 0 Å². The number of aromatic nitrogens is 3. The molecule has 0 aliphatic carbocycles. The topological polar surface area (TPSA) is 130 Å². The summed E-state index contributed by atoms with van der Waals surface area (Å²) in [6.07, 6.45) is 13.1. The van der Waals surface area contributed by atoms with Gasteiger partial charge >= 0.3 is 0 Å². The molecule has 3 aromatic rings. The van der Waals surface area contributed by atoms with Crippen molar-refractivity contribution >= 4 is 29.4 Å². The molecule has 2 aliphatic rings. The van der Waals surface area contributed by atoms with Crippen molar-refractivity contribution in [3.63, 3.8) is 0 Å². The lowest BCUT2D eigenvalue weighted by atomic mass is 9.97. The van der Waals surface area contributed by atoms with Gasteiger partial charge in [-0.1, -0.05) is 6.08 Å². The Morgan fingerprint density at radius 3 is 2.98 bits per heavy atom. The SMILES string of the molecule is Cc1cc(N=C(N=CN)C2=C([C@@H]3CCN(C(=O)/C=C/CN(C)C)C3)C=C[NH2+]2)ccc1Oc1ccn2ncnc2c1. The molecule has 1 amide bonds. The lowest BCUT2D eigenvalue weighted by molar-refractivity contribution is -0.522. The van der Waals surface area contributed by atoms with Crippen LogP contribution < -0.4 is 15.8 Å². The third kappa shape index (κ3) is 6.16. The number of rotatable bonds is 8. The van der Waals surface area contributed by atoms with Crippen LogP contribution in [-0.4, -0.2) is 76.2 Å². The normalized spacial score (nSPS) is 17.9. The highest BCUT2D eigenvalue weighted by Crippen LogP contribution is 2.31. The molecular formula is C29H34N9O2+. The highest BCUT2D eigenvalue weighted by molar-refractivity contribution is 6.03. The fraction of sp³-hybridized carbons (Fsp3) is 0.276. The van der Waals surface area contributed by atoms with E-state index in [0.717, 1.165) is 47.8 Å². The number of nitrogens with two attached hydrogens (primary N) is 2. The summed E-state index contributed by atoms with van der Waals surface area (Å²) in [5.74, 6) is 2.17. The second kappa shape index (κ2) is 12.1. The summed E-state index contributed by atoms with van der Waals surface area (Å²) in [5, 5.41) is 6.12. The molecule has 1 aromatic carbocycles. The molecule has 11 nitrogen and oxygen atoms in total. The minimum absolute atomic E-state index is 0.0467. The molecule has 0 radical (unpaired) electrons. The Kier molecular flexibility index (Phi) is 8.13. The van der Waals surface area contributed by atoms with Gasteiger partial charge in [0.25, 0.3) is 0 Å². The second-order valence-electron chi connectivity index (χ2n) is 10.0. The zero-order valence-electron chi connectivity index (χ0n) is 22.9. The summed E-state index contributed by atoms with van der Waals surface area (Å²) >= 11 is 0. The minimum Gasteiger partial charge on any atom is -0.457 e. The van der Waals surface area contributed by atoms with E-state index in [9.17, 15) is 4.79 Å². The molecule has 2 aliphatic heterocycles. The molecule has 40 heavy (non-hydrogen) atoms. The maximum atomic E-state index is 12.7. The largest absolute Gasteiger partial charge is 0.457 e. The molecule has 11 heteroatoms. The molecular weight excluding hydrogens is 506 g/mol. The number of allylic oxidation sites excluding steroid dienone is 1. The number of hydrogen-bond donors (Lipinski definition) is 2. The summed E-state index contributed by atoms with van der Waals surface area (Å²) in [4.78, 5) is 30.0. The molecule has 1 fully saturated rings. The Hall–Kier alpha value is -4.61. The van der Waals surface area contributed by atoms with Gasteiger partial charge in [0.05, 0.1) is 18.2 Å². The summed E-state index contributed by atoms with van der Waals surface area (Å²) < 4.78 is 7.78. The number of likely N-dealkylation sites (N-methyl/N-ethyl adjacent to an activating group) is 1. The van der Waals surface area contributed by atoms with E-state index in [1.165, 1.54) is 12.7 Å². The maximum Gasteiger partial charge on any atom is 0.246 e. The molecule has 5 rings (SSSR count). The number of aliphatic imine (C=N–C) groups is 2. The molecule has 0 spiro atoms.